The van der Waals surface area contributed by atoms with Gasteiger partial charge in [0.2, 0.25) is 0 Å². The number of hydrogen-bond donors (Lipinski definition) is 1. The van der Waals surface area contributed by atoms with E-state index in [0.29, 0.717) is 22.3 Å². The monoisotopic (exact) mass is 398 g/mol. The van der Waals surface area contributed by atoms with Crippen molar-refractivity contribution in [1.29, 1.82) is 0 Å². The van der Waals surface area contributed by atoms with Crippen molar-refractivity contribution in [3.63, 3.8) is 0 Å². The van der Waals surface area contributed by atoms with Gasteiger partial charge in [-0.1, -0.05) is 23.7 Å². The molecule has 4 aromatic rings. The van der Waals surface area contributed by atoms with Crippen molar-refractivity contribution >= 4 is 34.2 Å². The van der Waals surface area contributed by atoms with E-state index in [2.05, 4.69) is 15.3 Å². The van der Waals surface area contributed by atoms with Crippen LogP contribution in [0.2, 0.25) is 5.15 Å². The molecule has 2 heterocycles. The highest BCUT2D eigenvalue weighted by Gasteiger charge is 2.19. The summed E-state index contributed by atoms with van der Waals surface area (Å²) in [5, 5.41) is 2.80. The number of fused-ring (bicyclic) bond motifs is 1. The first kappa shape index (κ1) is 18.1. The minimum absolute atomic E-state index is 0.0993. The number of aromatic nitrogens is 3. The summed E-state index contributed by atoms with van der Waals surface area (Å²) in [5.41, 5.74) is 2.09. The molecule has 2 aromatic heterocycles. The molecule has 8 heteroatoms. The maximum atomic E-state index is 13.6. The maximum Gasteiger partial charge on any atom is 0.320 e. The van der Waals surface area contributed by atoms with E-state index < -0.39 is 12.5 Å². The summed E-state index contributed by atoms with van der Waals surface area (Å²) < 4.78 is 28.1. The molecule has 0 unspecified atom stereocenters. The van der Waals surface area contributed by atoms with Crippen LogP contribution in [-0.4, -0.2) is 20.4 Å². The number of carbonyl (C=O) groups is 1. The standard InChI is InChI=1S/C20H13ClF2N4O/c21-17-14(4-3-11-24-17)19(28)25-13-9-7-12(8-10-13)18-26-15-5-1-2-6-16(15)27(18)20(22)23/h1-11,20H,(H,25,28). The first-order chi connectivity index (χ1) is 13.5. The number of amides is 1. The van der Waals surface area contributed by atoms with Crippen molar-refractivity contribution in [1.82, 2.24) is 14.5 Å². The molecule has 0 aliphatic heterocycles. The largest absolute Gasteiger partial charge is 0.322 e. The highest BCUT2D eigenvalue weighted by molar-refractivity contribution is 6.33. The molecule has 28 heavy (non-hydrogen) atoms. The van der Waals surface area contributed by atoms with Gasteiger partial charge in [-0.05, 0) is 48.5 Å². The number of rotatable bonds is 4. The number of anilines is 1. The van der Waals surface area contributed by atoms with Gasteiger partial charge in [-0.3, -0.25) is 9.36 Å². The van der Waals surface area contributed by atoms with Gasteiger partial charge in [0.15, 0.2) is 0 Å². The smallest absolute Gasteiger partial charge is 0.320 e. The van der Waals surface area contributed by atoms with Crippen molar-refractivity contribution in [3.05, 3.63) is 77.6 Å². The van der Waals surface area contributed by atoms with Crippen LogP contribution in [0.5, 0.6) is 0 Å². The molecule has 0 spiro atoms. The Hall–Kier alpha value is -3.32. The van der Waals surface area contributed by atoms with E-state index in [1.54, 1.807) is 60.7 Å². The first-order valence-corrected chi connectivity index (χ1v) is 8.70. The van der Waals surface area contributed by atoms with Crippen LogP contribution in [-0.2, 0) is 0 Å². The molecule has 0 aliphatic rings. The average molecular weight is 399 g/mol. The summed E-state index contributed by atoms with van der Waals surface area (Å²) in [4.78, 5) is 20.5. The molecule has 0 fully saturated rings. The molecule has 0 atom stereocenters. The minimum Gasteiger partial charge on any atom is -0.322 e. The van der Waals surface area contributed by atoms with Crippen LogP contribution in [0, 0.1) is 0 Å². The Morgan fingerprint density at radius 1 is 1.04 bits per heavy atom. The number of alkyl halides is 2. The fourth-order valence-electron chi connectivity index (χ4n) is 2.90. The zero-order valence-corrected chi connectivity index (χ0v) is 15.1. The van der Waals surface area contributed by atoms with Gasteiger partial charge < -0.3 is 5.32 Å². The van der Waals surface area contributed by atoms with E-state index in [4.69, 9.17) is 11.6 Å². The molecule has 1 amide bonds. The Morgan fingerprint density at radius 2 is 1.79 bits per heavy atom. The Balaban J connectivity index is 1.64. The molecule has 1 N–H and O–H groups in total. The molecular formula is C20H13ClF2N4O. The van der Waals surface area contributed by atoms with Crippen molar-refractivity contribution in [2.45, 2.75) is 6.55 Å². The van der Waals surface area contributed by atoms with Crippen LogP contribution >= 0.6 is 11.6 Å². The van der Waals surface area contributed by atoms with Crippen LogP contribution in [0.25, 0.3) is 22.4 Å². The molecule has 0 saturated heterocycles. The lowest BCUT2D eigenvalue weighted by Gasteiger charge is -2.09. The van der Waals surface area contributed by atoms with E-state index in [1.165, 1.54) is 6.20 Å². The van der Waals surface area contributed by atoms with E-state index in [9.17, 15) is 13.6 Å². The average Bonchev–Trinajstić information content (AvgIpc) is 3.08. The van der Waals surface area contributed by atoms with Gasteiger partial charge in [-0.25, -0.2) is 9.97 Å². The zero-order chi connectivity index (χ0) is 19.7. The van der Waals surface area contributed by atoms with Gasteiger partial charge >= 0.3 is 6.55 Å². The van der Waals surface area contributed by atoms with E-state index in [1.807, 2.05) is 0 Å². The summed E-state index contributed by atoms with van der Waals surface area (Å²) in [5.74, 6) is -0.255. The second-order valence-corrected chi connectivity index (χ2v) is 6.30. The lowest BCUT2D eigenvalue weighted by molar-refractivity contribution is 0.0764. The van der Waals surface area contributed by atoms with Crippen LogP contribution in [0.3, 0.4) is 0 Å². The third-order valence-corrected chi connectivity index (χ3v) is 4.50. The van der Waals surface area contributed by atoms with Crippen LogP contribution in [0.15, 0.2) is 66.9 Å². The highest BCUT2D eigenvalue weighted by Crippen LogP contribution is 2.30. The quantitative estimate of drug-likeness (QED) is 0.468. The van der Waals surface area contributed by atoms with Crippen molar-refractivity contribution in [2.75, 3.05) is 5.32 Å². The van der Waals surface area contributed by atoms with Gasteiger partial charge in [-0.15, -0.1) is 0 Å². The highest BCUT2D eigenvalue weighted by atomic mass is 35.5. The molecular weight excluding hydrogens is 386 g/mol. The van der Waals surface area contributed by atoms with E-state index in [0.717, 1.165) is 4.57 Å². The van der Waals surface area contributed by atoms with Crippen LogP contribution in [0.4, 0.5) is 14.5 Å². The SMILES string of the molecule is O=C(Nc1ccc(-c2nc3ccccc3n2C(F)F)cc1)c1cccnc1Cl. The number of nitrogens with zero attached hydrogens (tertiary/aromatic N) is 3. The Bertz CT molecular complexity index is 1160. The first-order valence-electron chi connectivity index (χ1n) is 8.32. The molecule has 0 aliphatic carbocycles. The fourth-order valence-corrected chi connectivity index (χ4v) is 3.11. The second kappa shape index (κ2) is 7.36. The van der Waals surface area contributed by atoms with E-state index >= 15 is 0 Å². The molecule has 0 bridgehead atoms. The van der Waals surface area contributed by atoms with Gasteiger partial charge in [0.25, 0.3) is 5.91 Å². The Kier molecular flexibility index (Phi) is 4.75. The van der Waals surface area contributed by atoms with Crippen LogP contribution in [0.1, 0.15) is 16.9 Å². The molecule has 140 valence electrons. The molecule has 2 aromatic carbocycles. The summed E-state index contributed by atoms with van der Waals surface area (Å²) in [6.45, 7) is -2.73. The third kappa shape index (κ3) is 3.32. The van der Waals surface area contributed by atoms with Crippen molar-refractivity contribution in [3.8, 4) is 11.4 Å². The number of halogens is 3. The second-order valence-electron chi connectivity index (χ2n) is 5.95. The fraction of sp³-hybridized carbons (Fsp3) is 0.0500. The lowest BCUT2D eigenvalue weighted by atomic mass is 10.2. The number of benzene rings is 2. The number of para-hydroxylation sites is 2. The predicted molar refractivity (Wildman–Crippen MR) is 104 cm³/mol. The summed E-state index contributed by atoms with van der Waals surface area (Å²) >= 11 is 5.92. The normalized spacial score (nSPS) is 11.1. The number of nitrogens with one attached hydrogen (secondary N) is 1. The topological polar surface area (TPSA) is 59.8 Å². The summed E-state index contributed by atoms with van der Waals surface area (Å²) in [7, 11) is 0. The number of pyridine rings is 1. The van der Waals surface area contributed by atoms with E-state index in [-0.39, 0.29) is 16.5 Å². The third-order valence-electron chi connectivity index (χ3n) is 4.20. The van der Waals surface area contributed by atoms with Gasteiger partial charge in [-0.2, -0.15) is 8.78 Å². The molecule has 0 saturated carbocycles. The lowest BCUT2D eigenvalue weighted by Crippen LogP contribution is -2.12. The molecule has 0 radical (unpaired) electrons. The zero-order valence-electron chi connectivity index (χ0n) is 14.3. The van der Waals surface area contributed by atoms with Gasteiger partial charge in [0, 0.05) is 17.4 Å². The van der Waals surface area contributed by atoms with Crippen LogP contribution < -0.4 is 5.32 Å². The number of imidazole rings is 1. The molecule has 4 rings (SSSR count). The van der Waals surface area contributed by atoms with Gasteiger partial charge in [0.05, 0.1) is 16.6 Å². The Labute approximate surface area is 163 Å². The summed E-state index contributed by atoms with van der Waals surface area (Å²) in [6.07, 6.45) is 1.49. The maximum absolute atomic E-state index is 13.6. The predicted octanol–water partition coefficient (Wildman–Crippen LogP) is 5.40. The number of carbonyl (C=O) groups excluding carboxylic acids is 1. The summed E-state index contributed by atoms with van der Waals surface area (Å²) in [6, 6.07) is 16.4. The van der Waals surface area contributed by atoms with Gasteiger partial charge in [0.1, 0.15) is 11.0 Å². The van der Waals surface area contributed by atoms with Crippen molar-refractivity contribution in [2.24, 2.45) is 0 Å². The Morgan fingerprint density at radius 3 is 2.50 bits per heavy atom. The minimum atomic E-state index is -2.73. The van der Waals surface area contributed by atoms with Crippen molar-refractivity contribution < 1.29 is 13.6 Å². The molecule has 5 nitrogen and oxygen atoms in total. The number of hydrogen-bond acceptors (Lipinski definition) is 3.